The molecule has 0 bridgehead atoms. The number of urea groups is 1. The van der Waals surface area contributed by atoms with Crippen LogP contribution in [0.2, 0.25) is 10.0 Å². The van der Waals surface area contributed by atoms with Gasteiger partial charge in [-0.25, -0.2) is 4.79 Å². The fourth-order valence-corrected chi connectivity index (χ4v) is 4.58. The first-order valence-electron chi connectivity index (χ1n) is 11.1. The largest absolute Gasteiger partial charge is 0.454 e. The Bertz CT molecular complexity index is 1490. The van der Waals surface area contributed by atoms with Crippen molar-refractivity contribution in [1.29, 1.82) is 5.26 Å². The van der Waals surface area contributed by atoms with Crippen molar-refractivity contribution in [2.75, 3.05) is 11.6 Å². The number of hydrogen-bond donors (Lipinski definition) is 1. The van der Waals surface area contributed by atoms with Crippen LogP contribution in [0.25, 0.3) is 0 Å². The van der Waals surface area contributed by atoms with Crippen LogP contribution in [0.3, 0.4) is 0 Å². The molecular formula is C26H18Cl2N6O3. The number of hydrogen-bond acceptors (Lipinski definition) is 6. The van der Waals surface area contributed by atoms with Gasteiger partial charge in [0.1, 0.15) is 11.8 Å². The van der Waals surface area contributed by atoms with Crippen LogP contribution < -0.4 is 15.1 Å². The molecule has 0 spiro atoms. The van der Waals surface area contributed by atoms with Crippen molar-refractivity contribution in [3.8, 4) is 17.6 Å². The van der Waals surface area contributed by atoms with E-state index in [1.807, 2.05) is 18.2 Å². The quantitative estimate of drug-likeness (QED) is 0.479. The summed E-state index contributed by atoms with van der Waals surface area (Å²) in [6.45, 7) is 4.68. The smallest absolute Gasteiger partial charge is 0.347 e. The maximum atomic E-state index is 13.0. The molecule has 11 heteroatoms. The summed E-state index contributed by atoms with van der Waals surface area (Å²) in [4.78, 5) is 31.2. The minimum absolute atomic E-state index is 0.0462. The monoisotopic (exact) mass is 532 g/mol. The number of rotatable bonds is 5. The van der Waals surface area contributed by atoms with Crippen LogP contribution in [0.4, 0.5) is 10.5 Å². The Morgan fingerprint density at radius 2 is 1.84 bits per heavy atom. The van der Waals surface area contributed by atoms with E-state index < -0.39 is 6.03 Å². The Morgan fingerprint density at radius 3 is 2.54 bits per heavy atom. The number of pyridine rings is 1. The molecule has 2 aromatic carbocycles. The molecule has 0 atom stereocenters. The maximum absolute atomic E-state index is 13.0. The molecule has 0 aliphatic carbocycles. The van der Waals surface area contributed by atoms with E-state index in [1.165, 1.54) is 12.1 Å². The van der Waals surface area contributed by atoms with Gasteiger partial charge in [-0.3, -0.25) is 9.78 Å². The van der Waals surface area contributed by atoms with Crippen molar-refractivity contribution in [3.05, 3.63) is 93.9 Å². The molecule has 0 fully saturated rings. The van der Waals surface area contributed by atoms with Crippen LogP contribution in [0.15, 0.2) is 72.2 Å². The first-order valence-corrected chi connectivity index (χ1v) is 11.9. The van der Waals surface area contributed by atoms with Gasteiger partial charge in [0.05, 0.1) is 21.4 Å². The fraction of sp³-hybridized carbons (Fsp3) is 0.115. The molecule has 5 rings (SSSR count). The summed E-state index contributed by atoms with van der Waals surface area (Å²) in [5, 5.41) is 16.9. The third-order valence-corrected chi connectivity index (χ3v) is 6.42. The number of nitrogens with one attached hydrogen (secondary N) is 1. The summed E-state index contributed by atoms with van der Waals surface area (Å²) in [6, 6.07) is 13.1. The van der Waals surface area contributed by atoms with E-state index in [1.54, 1.807) is 35.5 Å². The summed E-state index contributed by atoms with van der Waals surface area (Å²) >= 11 is 12.9. The molecule has 3 aromatic rings. The number of allylic oxidation sites excluding steroid dienone is 1. The van der Waals surface area contributed by atoms with Gasteiger partial charge in [0.15, 0.2) is 11.5 Å². The predicted molar refractivity (Wildman–Crippen MR) is 139 cm³/mol. The van der Waals surface area contributed by atoms with E-state index in [2.05, 4.69) is 22.0 Å². The summed E-state index contributed by atoms with van der Waals surface area (Å²) in [5.74, 6) is 0.590. The minimum Gasteiger partial charge on any atom is -0.454 e. The molecule has 1 N–H and O–H groups in total. The number of aromatic nitrogens is 1. The van der Waals surface area contributed by atoms with Gasteiger partial charge in [-0.05, 0) is 60.0 Å². The summed E-state index contributed by atoms with van der Waals surface area (Å²) in [6.07, 6.45) is 4.08. The molecule has 9 nitrogen and oxygen atoms in total. The zero-order valence-corrected chi connectivity index (χ0v) is 20.8. The Morgan fingerprint density at radius 1 is 1.11 bits per heavy atom. The van der Waals surface area contributed by atoms with Crippen molar-refractivity contribution in [2.24, 2.45) is 5.10 Å². The van der Waals surface area contributed by atoms with Crippen molar-refractivity contribution < 1.29 is 14.3 Å². The van der Waals surface area contributed by atoms with Crippen molar-refractivity contribution in [1.82, 2.24) is 15.2 Å². The standard InChI is InChI=1S/C26H18Cl2N6O3/c1-15-23(13-29)32-34(26(36)31-15)18-11-21(27)24(22(28)12-18)37-19-2-3-20-17(10-19)6-9-33(25(20)35)14-16-4-7-30-8-5-16/h2-5,7-8,10-12H,1,6,9,14H2,(H,31,36). The zero-order chi connectivity index (χ0) is 26.1. The second kappa shape index (κ2) is 9.93. The van der Waals surface area contributed by atoms with Crippen LogP contribution in [0, 0.1) is 11.3 Å². The Labute approximate surface area is 222 Å². The summed E-state index contributed by atoms with van der Waals surface area (Å²) in [7, 11) is 0. The highest BCUT2D eigenvalue weighted by molar-refractivity contribution is 6.37. The zero-order valence-electron chi connectivity index (χ0n) is 19.2. The van der Waals surface area contributed by atoms with Gasteiger partial charge in [-0.2, -0.15) is 15.4 Å². The second-order valence-corrected chi connectivity index (χ2v) is 9.09. The molecule has 3 heterocycles. The number of carbonyl (C=O) groups excluding carboxylic acids is 2. The Kier molecular flexibility index (Phi) is 6.53. The molecule has 0 saturated carbocycles. The van der Waals surface area contributed by atoms with E-state index in [9.17, 15) is 14.9 Å². The van der Waals surface area contributed by atoms with Crippen molar-refractivity contribution >= 4 is 46.5 Å². The molecule has 2 aliphatic heterocycles. The summed E-state index contributed by atoms with van der Waals surface area (Å²) < 4.78 is 5.98. The maximum Gasteiger partial charge on any atom is 0.347 e. The topological polar surface area (TPSA) is 111 Å². The number of fused-ring (bicyclic) bond motifs is 1. The third-order valence-electron chi connectivity index (χ3n) is 5.86. The van der Waals surface area contributed by atoms with Crippen molar-refractivity contribution in [2.45, 2.75) is 13.0 Å². The Balaban J connectivity index is 1.36. The SMILES string of the molecule is C=C1NC(=O)N(c2cc(Cl)c(Oc3ccc4c(c3)CCN(Cc3ccncc3)C4=O)c(Cl)c2)N=C1C#N. The van der Waals surface area contributed by atoms with Crippen LogP contribution in [-0.4, -0.2) is 34.1 Å². The molecule has 0 radical (unpaired) electrons. The van der Waals surface area contributed by atoms with Crippen LogP contribution in [0.5, 0.6) is 11.5 Å². The van der Waals surface area contributed by atoms with Gasteiger partial charge in [-0.15, -0.1) is 0 Å². The number of nitrogens with zero attached hydrogens (tertiary/aromatic N) is 5. The second-order valence-electron chi connectivity index (χ2n) is 8.27. The highest BCUT2D eigenvalue weighted by Crippen LogP contribution is 2.41. The van der Waals surface area contributed by atoms with Crippen LogP contribution in [0.1, 0.15) is 21.5 Å². The van der Waals surface area contributed by atoms with E-state index in [4.69, 9.17) is 27.9 Å². The lowest BCUT2D eigenvalue weighted by Gasteiger charge is -2.29. The molecule has 1 aromatic heterocycles. The number of amides is 3. The van der Waals surface area contributed by atoms with Gasteiger partial charge in [0.25, 0.3) is 5.91 Å². The molecule has 0 saturated heterocycles. The lowest BCUT2D eigenvalue weighted by Crippen LogP contribution is -2.42. The molecule has 3 amide bonds. The number of hydrazone groups is 1. The highest BCUT2D eigenvalue weighted by Gasteiger charge is 2.27. The van der Waals surface area contributed by atoms with E-state index in [-0.39, 0.29) is 38.8 Å². The number of anilines is 1. The molecule has 184 valence electrons. The number of halogens is 2. The number of benzene rings is 2. The van der Waals surface area contributed by atoms with Gasteiger partial charge >= 0.3 is 6.03 Å². The van der Waals surface area contributed by atoms with Crippen LogP contribution in [-0.2, 0) is 13.0 Å². The average molecular weight is 533 g/mol. The van der Waals surface area contributed by atoms with Gasteiger partial charge in [0, 0.05) is 31.0 Å². The predicted octanol–water partition coefficient (Wildman–Crippen LogP) is 5.30. The lowest BCUT2D eigenvalue weighted by molar-refractivity contribution is 0.0727. The van der Waals surface area contributed by atoms with Crippen molar-refractivity contribution in [3.63, 3.8) is 0 Å². The van der Waals surface area contributed by atoms with E-state index >= 15 is 0 Å². The molecule has 2 aliphatic rings. The van der Waals surface area contributed by atoms with Gasteiger partial charge in [0.2, 0.25) is 0 Å². The first-order chi connectivity index (χ1) is 17.8. The molecule has 0 unspecified atom stereocenters. The summed E-state index contributed by atoms with van der Waals surface area (Å²) in [5.41, 5.74) is 2.79. The number of ether oxygens (including phenoxy) is 1. The number of carbonyl (C=O) groups is 2. The molecular weight excluding hydrogens is 515 g/mol. The average Bonchev–Trinajstić information content (AvgIpc) is 2.88. The fourth-order valence-electron chi connectivity index (χ4n) is 4.03. The third kappa shape index (κ3) is 4.85. The van der Waals surface area contributed by atoms with E-state index in [0.717, 1.165) is 16.1 Å². The lowest BCUT2D eigenvalue weighted by atomic mass is 9.98. The Hall–Kier alpha value is -4.39. The minimum atomic E-state index is -0.609. The van der Waals surface area contributed by atoms with Crippen LogP contribution >= 0.6 is 23.2 Å². The van der Waals surface area contributed by atoms with E-state index in [0.29, 0.717) is 30.8 Å². The van der Waals surface area contributed by atoms with Gasteiger partial charge < -0.3 is 15.0 Å². The van der Waals surface area contributed by atoms with Gasteiger partial charge in [-0.1, -0.05) is 29.8 Å². The highest BCUT2D eigenvalue weighted by atomic mass is 35.5. The molecule has 37 heavy (non-hydrogen) atoms. The number of nitriles is 1. The first kappa shape index (κ1) is 24.3. The normalized spacial score (nSPS) is 15.1.